The molecular weight excluding hydrogens is 212 g/mol. The molecule has 1 N–H and O–H groups in total. The Morgan fingerprint density at radius 1 is 1.24 bits per heavy atom. The maximum atomic E-state index is 5.57. The van der Waals surface area contributed by atoms with E-state index in [2.05, 4.69) is 22.4 Å². The van der Waals surface area contributed by atoms with Crippen LogP contribution in [0.5, 0.6) is 0 Å². The molecule has 88 valence electrons. The van der Waals surface area contributed by atoms with Gasteiger partial charge in [-0.1, -0.05) is 18.2 Å². The summed E-state index contributed by atoms with van der Waals surface area (Å²) in [4.78, 5) is 4.57. The van der Waals surface area contributed by atoms with Crippen LogP contribution in [-0.2, 0) is 4.74 Å². The van der Waals surface area contributed by atoms with Gasteiger partial charge < -0.3 is 10.1 Å². The normalized spacial score (nSPS) is 19.6. The van der Waals surface area contributed by atoms with Crippen molar-refractivity contribution in [3.05, 3.63) is 36.4 Å². The maximum absolute atomic E-state index is 5.57. The zero-order valence-corrected chi connectivity index (χ0v) is 9.73. The number of hydrogen-bond donors (Lipinski definition) is 1. The molecule has 1 fully saturated rings. The highest BCUT2D eigenvalue weighted by Gasteiger charge is 2.14. The van der Waals surface area contributed by atoms with Crippen LogP contribution in [0, 0.1) is 0 Å². The van der Waals surface area contributed by atoms with Gasteiger partial charge in [-0.3, -0.25) is 0 Å². The number of hydrogen-bond acceptors (Lipinski definition) is 3. The number of benzene rings is 1. The average Bonchev–Trinajstić information content (AvgIpc) is 2.89. The molecule has 2 heterocycles. The van der Waals surface area contributed by atoms with Crippen LogP contribution in [0.1, 0.15) is 12.8 Å². The van der Waals surface area contributed by atoms with Gasteiger partial charge in [0.2, 0.25) is 0 Å². The summed E-state index contributed by atoms with van der Waals surface area (Å²) < 4.78 is 5.57. The molecule has 2 aromatic rings. The van der Waals surface area contributed by atoms with Crippen molar-refractivity contribution in [3.63, 3.8) is 0 Å². The fraction of sp³-hybridized carbons (Fsp3) is 0.357. The Balaban J connectivity index is 1.72. The molecule has 17 heavy (non-hydrogen) atoms. The quantitative estimate of drug-likeness (QED) is 0.877. The van der Waals surface area contributed by atoms with E-state index in [-0.39, 0.29) is 0 Å². The van der Waals surface area contributed by atoms with Crippen LogP contribution in [0.2, 0.25) is 0 Å². The second-order valence-electron chi connectivity index (χ2n) is 4.41. The van der Waals surface area contributed by atoms with Gasteiger partial charge in [-0.05, 0) is 31.0 Å². The van der Waals surface area contributed by atoms with Gasteiger partial charge in [0.1, 0.15) is 5.82 Å². The molecule has 3 nitrogen and oxygen atoms in total. The van der Waals surface area contributed by atoms with Crippen molar-refractivity contribution in [2.45, 2.75) is 18.9 Å². The van der Waals surface area contributed by atoms with E-state index in [9.17, 15) is 0 Å². The fourth-order valence-corrected chi connectivity index (χ4v) is 2.19. The van der Waals surface area contributed by atoms with Gasteiger partial charge in [0.25, 0.3) is 0 Å². The minimum atomic E-state index is 0.350. The van der Waals surface area contributed by atoms with Crippen LogP contribution in [0.25, 0.3) is 10.9 Å². The number of nitrogens with zero attached hydrogens (tertiary/aromatic N) is 1. The highest BCUT2D eigenvalue weighted by molar-refractivity contribution is 5.79. The first-order chi connectivity index (χ1) is 8.42. The predicted octanol–water partition coefficient (Wildman–Crippen LogP) is 2.83. The van der Waals surface area contributed by atoms with Gasteiger partial charge in [-0.2, -0.15) is 0 Å². The Bertz CT molecular complexity index is 506. The third-order valence-electron chi connectivity index (χ3n) is 3.13. The summed E-state index contributed by atoms with van der Waals surface area (Å²) in [5.74, 6) is 0.930. The van der Waals surface area contributed by atoms with Crippen LogP contribution < -0.4 is 5.32 Å². The summed E-state index contributed by atoms with van der Waals surface area (Å²) in [6.45, 7) is 1.75. The molecular formula is C14H16N2O. The molecule has 3 heteroatoms. The van der Waals surface area contributed by atoms with Crippen LogP contribution in [0.15, 0.2) is 36.4 Å². The molecule has 0 radical (unpaired) electrons. The molecule has 0 saturated carbocycles. The lowest BCUT2D eigenvalue weighted by Gasteiger charge is -2.11. The number of fused-ring (bicyclic) bond motifs is 1. The highest BCUT2D eigenvalue weighted by Crippen LogP contribution is 2.16. The number of para-hydroxylation sites is 1. The van der Waals surface area contributed by atoms with E-state index in [4.69, 9.17) is 4.74 Å². The molecule has 1 aliphatic rings. The summed E-state index contributed by atoms with van der Waals surface area (Å²) in [6.07, 6.45) is 2.68. The van der Waals surface area contributed by atoms with Crippen LogP contribution in [-0.4, -0.2) is 24.2 Å². The SMILES string of the molecule is c1ccc2nc(NCC3CCCO3)ccc2c1. The van der Waals surface area contributed by atoms with E-state index < -0.39 is 0 Å². The molecule has 0 spiro atoms. The Kier molecular flexibility index (Phi) is 2.92. The predicted molar refractivity (Wildman–Crippen MR) is 69.2 cm³/mol. The second kappa shape index (κ2) is 4.72. The van der Waals surface area contributed by atoms with Crippen molar-refractivity contribution in [1.29, 1.82) is 0 Å². The third-order valence-corrected chi connectivity index (χ3v) is 3.13. The highest BCUT2D eigenvalue weighted by atomic mass is 16.5. The maximum Gasteiger partial charge on any atom is 0.126 e. The molecule has 1 saturated heterocycles. The molecule has 0 amide bonds. The third kappa shape index (κ3) is 2.39. The Morgan fingerprint density at radius 2 is 2.18 bits per heavy atom. The lowest BCUT2D eigenvalue weighted by Crippen LogP contribution is -2.18. The molecule has 0 bridgehead atoms. The van der Waals surface area contributed by atoms with Crippen LogP contribution in [0.3, 0.4) is 0 Å². The number of aromatic nitrogens is 1. The van der Waals surface area contributed by atoms with Crippen molar-refractivity contribution >= 4 is 16.7 Å². The standard InChI is InChI=1S/C14H16N2O/c1-2-6-13-11(4-1)7-8-14(16-13)15-10-12-5-3-9-17-12/h1-2,4,6-8,12H,3,5,9-10H2,(H,15,16). The van der Waals surface area contributed by atoms with E-state index in [1.54, 1.807) is 0 Å². The van der Waals surface area contributed by atoms with Gasteiger partial charge in [0, 0.05) is 18.5 Å². The number of ether oxygens (including phenoxy) is 1. The lowest BCUT2D eigenvalue weighted by molar-refractivity contribution is 0.120. The Labute approximate surface area is 101 Å². The van der Waals surface area contributed by atoms with Crippen LogP contribution in [0.4, 0.5) is 5.82 Å². The van der Waals surface area contributed by atoms with Crippen molar-refractivity contribution in [1.82, 2.24) is 4.98 Å². The van der Waals surface area contributed by atoms with Gasteiger partial charge in [-0.25, -0.2) is 4.98 Å². The number of anilines is 1. The van der Waals surface area contributed by atoms with Gasteiger partial charge in [0.05, 0.1) is 11.6 Å². The first-order valence-corrected chi connectivity index (χ1v) is 6.13. The number of pyridine rings is 1. The first-order valence-electron chi connectivity index (χ1n) is 6.13. The Morgan fingerprint density at radius 3 is 3.06 bits per heavy atom. The summed E-state index contributed by atoms with van der Waals surface area (Å²) in [5, 5.41) is 4.52. The zero-order valence-electron chi connectivity index (χ0n) is 9.73. The summed E-state index contributed by atoms with van der Waals surface area (Å²) >= 11 is 0. The number of nitrogens with one attached hydrogen (secondary N) is 1. The first kappa shape index (κ1) is 10.5. The summed E-state index contributed by atoms with van der Waals surface area (Å²) in [5.41, 5.74) is 1.03. The van der Waals surface area contributed by atoms with Gasteiger partial charge in [-0.15, -0.1) is 0 Å². The topological polar surface area (TPSA) is 34.2 Å². The molecule has 0 aliphatic carbocycles. The average molecular weight is 228 g/mol. The van der Waals surface area contributed by atoms with E-state index in [1.807, 2.05) is 24.3 Å². The smallest absolute Gasteiger partial charge is 0.126 e. The summed E-state index contributed by atoms with van der Waals surface area (Å²) in [7, 11) is 0. The van der Waals surface area contributed by atoms with E-state index in [1.165, 1.54) is 11.8 Å². The van der Waals surface area contributed by atoms with Crippen molar-refractivity contribution < 1.29 is 4.74 Å². The number of rotatable bonds is 3. The largest absolute Gasteiger partial charge is 0.376 e. The van der Waals surface area contributed by atoms with Gasteiger partial charge >= 0.3 is 0 Å². The fourth-order valence-electron chi connectivity index (χ4n) is 2.19. The minimum absolute atomic E-state index is 0.350. The van der Waals surface area contributed by atoms with E-state index in [0.29, 0.717) is 6.10 Å². The second-order valence-corrected chi connectivity index (χ2v) is 4.41. The summed E-state index contributed by atoms with van der Waals surface area (Å²) in [6, 6.07) is 12.3. The molecule has 1 aliphatic heterocycles. The van der Waals surface area contributed by atoms with Crippen molar-refractivity contribution in [2.75, 3.05) is 18.5 Å². The van der Waals surface area contributed by atoms with Gasteiger partial charge in [0.15, 0.2) is 0 Å². The van der Waals surface area contributed by atoms with E-state index >= 15 is 0 Å². The van der Waals surface area contributed by atoms with Crippen LogP contribution >= 0.6 is 0 Å². The molecule has 3 rings (SSSR count). The van der Waals surface area contributed by atoms with Crippen molar-refractivity contribution in [3.8, 4) is 0 Å². The monoisotopic (exact) mass is 228 g/mol. The lowest BCUT2D eigenvalue weighted by atomic mass is 10.2. The molecule has 1 aromatic heterocycles. The minimum Gasteiger partial charge on any atom is -0.376 e. The zero-order chi connectivity index (χ0) is 11.5. The molecule has 1 atom stereocenters. The van der Waals surface area contributed by atoms with E-state index in [0.717, 1.165) is 30.9 Å². The van der Waals surface area contributed by atoms with Crippen molar-refractivity contribution in [2.24, 2.45) is 0 Å². The molecule has 1 unspecified atom stereocenters. The Hall–Kier alpha value is -1.61. The molecule has 1 aromatic carbocycles.